The summed E-state index contributed by atoms with van der Waals surface area (Å²) in [6.45, 7) is 1.95. The number of aliphatic hydroxyl groups is 1. The molecule has 1 aliphatic rings. The summed E-state index contributed by atoms with van der Waals surface area (Å²) in [5, 5.41) is 11.9. The van der Waals surface area contributed by atoms with E-state index in [-0.39, 0.29) is 43.2 Å². The first-order valence-corrected chi connectivity index (χ1v) is 11.0. The number of rotatable bonds is 6. The molecule has 1 aliphatic heterocycles. The maximum atomic E-state index is 14.7. The molecule has 1 fully saturated rings. The van der Waals surface area contributed by atoms with Crippen LogP contribution in [-0.4, -0.2) is 24.4 Å². The largest absolute Gasteiger partial charge is 0.491 e. The van der Waals surface area contributed by atoms with Gasteiger partial charge in [0, 0.05) is 11.8 Å². The van der Waals surface area contributed by atoms with Gasteiger partial charge in [0.25, 0.3) is 0 Å². The van der Waals surface area contributed by atoms with Crippen molar-refractivity contribution >= 4 is 22.4 Å². The number of halogens is 3. The van der Waals surface area contributed by atoms with E-state index in [1.54, 1.807) is 6.92 Å². The molecule has 6 heteroatoms. The Morgan fingerprint density at radius 3 is 2.58 bits per heavy atom. The quantitative estimate of drug-likeness (QED) is 0.478. The highest BCUT2D eigenvalue weighted by atomic mass is 35.5. The molecule has 0 aliphatic carbocycles. The van der Waals surface area contributed by atoms with Gasteiger partial charge in [-0.3, -0.25) is 0 Å². The van der Waals surface area contributed by atoms with Crippen LogP contribution in [0.1, 0.15) is 49.0 Å². The van der Waals surface area contributed by atoms with Crippen LogP contribution in [0.3, 0.4) is 0 Å². The van der Waals surface area contributed by atoms with Gasteiger partial charge in [-0.15, -0.1) is 0 Å². The van der Waals surface area contributed by atoms with Gasteiger partial charge in [-0.25, -0.2) is 4.39 Å². The van der Waals surface area contributed by atoms with E-state index in [0.717, 1.165) is 35.6 Å². The van der Waals surface area contributed by atoms with Crippen LogP contribution in [0.5, 0.6) is 5.75 Å². The van der Waals surface area contributed by atoms with E-state index in [9.17, 15) is 13.9 Å². The van der Waals surface area contributed by atoms with Crippen molar-refractivity contribution in [2.45, 2.75) is 44.8 Å². The molecule has 0 bridgehead atoms. The van der Waals surface area contributed by atoms with Gasteiger partial charge >= 0.3 is 0 Å². The Morgan fingerprint density at radius 2 is 1.84 bits per heavy atom. The van der Waals surface area contributed by atoms with Gasteiger partial charge in [-0.05, 0) is 54.3 Å². The minimum Gasteiger partial charge on any atom is -0.491 e. The Hall–Kier alpha value is -2.21. The van der Waals surface area contributed by atoms with Gasteiger partial charge in [-0.1, -0.05) is 48.0 Å². The zero-order valence-corrected chi connectivity index (χ0v) is 18.1. The summed E-state index contributed by atoms with van der Waals surface area (Å²) in [5.74, 6) is -2.01. The molecule has 4 rings (SSSR count). The van der Waals surface area contributed by atoms with Crippen molar-refractivity contribution in [1.29, 1.82) is 0 Å². The van der Waals surface area contributed by atoms with Crippen molar-refractivity contribution in [3.63, 3.8) is 0 Å². The molecule has 2 unspecified atom stereocenters. The SMILES string of the molecule is CCOc1ccc(Cc2cc(C3CCCC(CO)O3)c3ccccc3c2Cl)c(F)c1F. The molecule has 0 radical (unpaired) electrons. The van der Waals surface area contributed by atoms with Gasteiger partial charge < -0.3 is 14.6 Å². The molecule has 0 saturated carbocycles. The van der Waals surface area contributed by atoms with Crippen LogP contribution in [0.2, 0.25) is 5.02 Å². The van der Waals surface area contributed by atoms with E-state index in [4.69, 9.17) is 21.1 Å². The second-order valence-electron chi connectivity index (χ2n) is 7.81. The predicted octanol–water partition coefficient (Wildman–Crippen LogP) is 6.36. The first-order chi connectivity index (χ1) is 15.0. The lowest BCUT2D eigenvalue weighted by Crippen LogP contribution is -2.25. The molecule has 3 aromatic carbocycles. The molecule has 3 nitrogen and oxygen atoms in total. The van der Waals surface area contributed by atoms with E-state index in [2.05, 4.69) is 0 Å². The molecular formula is C25H25ClF2O3. The van der Waals surface area contributed by atoms with E-state index in [1.165, 1.54) is 12.1 Å². The van der Waals surface area contributed by atoms with Crippen LogP contribution in [0.4, 0.5) is 8.78 Å². The molecule has 1 N–H and O–H groups in total. The number of fused-ring (bicyclic) bond motifs is 1. The van der Waals surface area contributed by atoms with Crippen molar-refractivity contribution in [2.75, 3.05) is 13.2 Å². The fourth-order valence-corrected chi connectivity index (χ4v) is 4.55. The zero-order chi connectivity index (χ0) is 22.0. The van der Waals surface area contributed by atoms with Gasteiger partial charge in [0.15, 0.2) is 11.6 Å². The van der Waals surface area contributed by atoms with E-state index in [0.29, 0.717) is 10.6 Å². The first kappa shape index (κ1) is 22.0. The second-order valence-corrected chi connectivity index (χ2v) is 8.18. The number of ether oxygens (including phenoxy) is 2. The van der Waals surface area contributed by atoms with Crippen LogP contribution >= 0.6 is 11.6 Å². The summed E-state index contributed by atoms with van der Waals surface area (Å²) in [7, 11) is 0. The minimum absolute atomic E-state index is 0.0223. The predicted molar refractivity (Wildman–Crippen MR) is 118 cm³/mol. The van der Waals surface area contributed by atoms with Crippen molar-refractivity contribution in [3.8, 4) is 5.75 Å². The average molecular weight is 447 g/mol. The minimum atomic E-state index is -0.988. The molecule has 1 heterocycles. The Bertz CT molecular complexity index is 1090. The summed E-state index contributed by atoms with van der Waals surface area (Å²) >= 11 is 6.71. The topological polar surface area (TPSA) is 38.7 Å². The Labute approximate surface area is 185 Å². The third-order valence-corrected chi connectivity index (χ3v) is 6.24. The monoisotopic (exact) mass is 446 g/mol. The van der Waals surface area contributed by atoms with Gasteiger partial charge in [0.05, 0.1) is 30.4 Å². The van der Waals surface area contributed by atoms with Gasteiger partial charge in [0.1, 0.15) is 0 Å². The highest BCUT2D eigenvalue weighted by molar-refractivity contribution is 6.36. The standard InChI is InChI=1S/C25H25ClF2O3/c1-2-30-22-11-10-15(24(27)25(22)28)12-16-13-20(21-9-5-6-17(14-29)31-21)18-7-3-4-8-19(18)23(16)26/h3-4,7-8,10-11,13,17,21,29H,2,5-6,9,12,14H2,1H3. The van der Waals surface area contributed by atoms with Crippen LogP contribution in [0, 0.1) is 11.6 Å². The molecular weight excluding hydrogens is 422 g/mol. The number of aliphatic hydroxyl groups excluding tert-OH is 1. The fourth-order valence-electron chi connectivity index (χ4n) is 4.27. The molecule has 0 aromatic heterocycles. The Morgan fingerprint density at radius 1 is 1.06 bits per heavy atom. The Balaban J connectivity index is 1.77. The lowest BCUT2D eigenvalue weighted by molar-refractivity contribution is -0.0731. The summed E-state index contributed by atoms with van der Waals surface area (Å²) in [6.07, 6.45) is 2.35. The maximum absolute atomic E-state index is 14.7. The number of benzene rings is 3. The van der Waals surface area contributed by atoms with E-state index in [1.807, 2.05) is 30.3 Å². The van der Waals surface area contributed by atoms with E-state index < -0.39 is 11.6 Å². The lowest BCUT2D eigenvalue weighted by Gasteiger charge is -2.30. The maximum Gasteiger partial charge on any atom is 0.200 e. The third-order valence-electron chi connectivity index (χ3n) is 5.79. The summed E-state index contributed by atoms with van der Waals surface area (Å²) < 4.78 is 40.4. The van der Waals surface area contributed by atoms with Crippen LogP contribution in [0.25, 0.3) is 10.8 Å². The van der Waals surface area contributed by atoms with Crippen molar-refractivity contribution in [2.24, 2.45) is 0 Å². The van der Waals surface area contributed by atoms with Crippen LogP contribution in [-0.2, 0) is 11.2 Å². The first-order valence-electron chi connectivity index (χ1n) is 10.6. The summed E-state index contributed by atoms with van der Waals surface area (Å²) in [4.78, 5) is 0. The average Bonchev–Trinajstić information content (AvgIpc) is 2.80. The Kier molecular flexibility index (Phi) is 6.75. The molecule has 164 valence electrons. The molecule has 0 spiro atoms. The molecule has 0 amide bonds. The fraction of sp³-hybridized carbons (Fsp3) is 0.360. The third kappa shape index (κ3) is 4.40. The van der Waals surface area contributed by atoms with Gasteiger partial charge in [-0.2, -0.15) is 4.39 Å². The van der Waals surface area contributed by atoms with Crippen LogP contribution in [0.15, 0.2) is 42.5 Å². The van der Waals surface area contributed by atoms with Crippen LogP contribution < -0.4 is 4.74 Å². The second kappa shape index (κ2) is 9.51. The van der Waals surface area contributed by atoms with E-state index >= 15 is 0 Å². The highest BCUT2D eigenvalue weighted by Crippen LogP contribution is 2.40. The normalized spacial score (nSPS) is 19.0. The molecule has 2 atom stereocenters. The van der Waals surface area contributed by atoms with Crippen molar-refractivity contribution in [3.05, 3.63) is 75.8 Å². The molecule has 1 saturated heterocycles. The molecule has 3 aromatic rings. The number of hydrogen-bond donors (Lipinski definition) is 1. The van der Waals surface area contributed by atoms with Gasteiger partial charge in [0.2, 0.25) is 5.82 Å². The molecule has 31 heavy (non-hydrogen) atoms. The highest BCUT2D eigenvalue weighted by Gasteiger charge is 2.26. The zero-order valence-electron chi connectivity index (χ0n) is 17.3. The summed E-state index contributed by atoms with van der Waals surface area (Å²) in [6, 6.07) is 12.7. The van der Waals surface area contributed by atoms with Crippen molar-refractivity contribution in [1.82, 2.24) is 0 Å². The lowest BCUT2D eigenvalue weighted by atomic mass is 9.90. The van der Waals surface area contributed by atoms with Crippen molar-refractivity contribution < 1.29 is 23.4 Å². The summed E-state index contributed by atoms with van der Waals surface area (Å²) in [5.41, 5.74) is 1.87. The number of hydrogen-bond acceptors (Lipinski definition) is 3. The smallest absolute Gasteiger partial charge is 0.200 e.